The van der Waals surface area contributed by atoms with E-state index in [4.69, 9.17) is 64.0 Å². The number of primary sulfonamides is 4. The molecule has 0 aliphatic carbocycles. The third-order valence-corrected chi connectivity index (χ3v) is 25.0. The summed E-state index contributed by atoms with van der Waals surface area (Å²) in [6.07, 6.45) is 4.30. The maximum atomic E-state index is 11.8. The summed E-state index contributed by atoms with van der Waals surface area (Å²) in [6, 6.07) is 48.4. The Labute approximate surface area is 729 Å². The van der Waals surface area contributed by atoms with Gasteiger partial charge in [-0.25, -0.2) is 79.0 Å². The van der Waals surface area contributed by atoms with E-state index >= 15 is 0 Å². The van der Waals surface area contributed by atoms with E-state index in [2.05, 4.69) is 106 Å². The second-order valence-electron chi connectivity index (χ2n) is 27.9. The average Bonchev–Trinajstić information content (AvgIpc) is 1.66. The van der Waals surface area contributed by atoms with E-state index in [1.165, 1.54) is 125 Å². The largest absolute Gasteiger partial charge is 0.494 e. The lowest BCUT2D eigenvalue weighted by atomic mass is 10.1. The van der Waals surface area contributed by atoms with E-state index in [1.54, 1.807) is 54.6 Å². The van der Waals surface area contributed by atoms with Crippen molar-refractivity contribution in [1.82, 2.24) is 84.3 Å². The predicted molar refractivity (Wildman–Crippen MR) is 481 cm³/mol. The molecule has 0 saturated carbocycles. The third kappa shape index (κ3) is 23.2. The van der Waals surface area contributed by atoms with Gasteiger partial charge < -0.3 is 64.7 Å². The number of aromatic nitrogens is 16. The highest BCUT2D eigenvalue weighted by Gasteiger charge is 2.22. The van der Waals surface area contributed by atoms with E-state index in [-0.39, 0.29) is 67.2 Å². The van der Waals surface area contributed by atoms with Crippen LogP contribution in [0.5, 0.6) is 5.75 Å². The number of nitrogen functional groups attached to an aromatic ring is 4. The Morgan fingerprint density at radius 2 is 0.752 bits per heavy atom. The number of nitrogens with two attached hydrogens (primary N) is 9. The van der Waals surface area contributed by atoms with Crippen molar-refractivity contribution in [2.45, 2.75) is 85.0 Å². The smallest absolute Gasteiger partial charge is 0.407 e. The van der Waals surface area contributed by atoms with Gasteiger partial charge in [-0.05, 0) is 215 Å². The van der Waals surface area contributed by atoms with Gasteiger partial charge in [0.2, 0.25) is 108 Å². The zero-order chi connectivity index (χ0) is 89.3. The first kappa shape index (κ1) is 89.2. The number of unbranched alkanes of at least 4 members (excludes halogenated alkanes) is 2. The molecule has 0 atom stereocenters. The molecule has 0 aliphatic rings. The molecule has 0 fully saturated rings. The predicted octanol–water partition coefficient (Wildman–Crippen LogP) is 9.41. The average molecular weight is 1850 g/mol. The van der Waals surface area contributed by atoms with Gasteiger partial charge in [0.15, 0.2) is 0 Å². The molecular formula is C75H79N31O11S8. The Bertz CT molecular complexity index is 7150. The maximum absolute atomic E-state index is 11.8. The van der Waals surface area contributed by atoms with E-state index in [0.29, 0.717) is 75.0 Å². The summed E-state index contributed by atoms with van der Waals surface area (Å²) in [7, 11) is -15.0. The maximum Gasteiger partial charge on any atom is 0.407 e. The lowest BCUT2D eigenvalue weighted by Gasteiger charge is -2.19. The molecule has 50 heteroatoms. The molecule has 125 heavy (non-hydrogen) atoms. The van der Waals surface area contributed by atoms with Crippen LogP contribution in [0.4, 0.5) is 75.1 Å². The van der Waals surface area contributed by atoms with Gasteiger partial charge >= 0.3 is 6.09 Å². The molecule has 8 aromatic carbocycles. The molecule has 0 bridgehead atoms. The molecule has 23 N–H and O–H groups in total. The number of nitrogens with zero attached hydrogens (tertiary/aromatic N) is 17. The first-order valence-electron chi connectivity index (χ1n) is 37.2. The molecule has 0 unspecified atom stereocenters. The van der Waals surface area contributed by atoms with Crippen molar-refractivity contribution in [2.75, 3.05) is 63.9 Å². The summed E-state index contributed by atoms with van der Waals surface area (Å²) in [6.45, 7) is 9.32. The molecule has 0 spiro atoms. The van der Waals surface area contributed by atoms with Gasteiger partial charge in [-0.1, -0.05) is 77.2 Å². The number of hydrogen-bond donors (Lipinski definition) is 14. The number of nitriles is 1. The molecule has 648 valence electrons. The molecule has 1 amide bonds. The van der Waals surface area contributed by atoms with Crippen LogP contribution in [0.3, 0.4) is 0 Å². The Balaban J connectivity index is 0.000000144. The summed E-state index contributed by atoms with van der Waals surface area (Å²) < 4.78 is 111. The fourth-order valence-corrected chi connectivity index (χ4v) is 17.3. The van der Waals surface area contributed by atoms with Gasteiger partial charge in [0.1, 0.15) is 11.4 Å². The number of thiazole rings is 4. The topological polar surface area (TPSA) is 665 Å². The number of ether oxygens (including phenoxy) is 2. The van der Waals surface area contributed by atoms with Gasteiger partial charge in [-0.2, -0.15) is 43.9 Å². The number of carbonyl (C=O) groups excluding carboxylic acids is 1. The number of amides is 1. The third-order valence-electron chi connectivity index (χ3n) is 17.3. The molecule has 0 aliphatic heterocycles. The lowest BCUT2D eigenvalue weighted by Crippen LogP contribution is -2.33. The minimum atomic E-state index is -3.78. The quantitative estimate of drug-likeness (QED) is 0.0224. The number of fused-ring (bicyclic) bond motifs is 4. The molecule has 8 heterocycles. The molecular weight excluding hydrogens is 1770 g/mol. The Kier molecular flexibility index (Phi) is 26.9. The number of nitrogens with one attached hydrogen (secondary N) is 5. The second kappa shape index (κ2) is 37.6. The Morgan fingerprint density at radius 1 is 0.432 bits per heavy atom. The number of carbonyl (C=O) groups is 1. The highest BCUT2D eigenvalue weighted by atomic mass is 32.2. The van der Waals surface area contributed by atoms with Crippen molar-refractivity contribution >= 4 is 203 Å². The number of anilines is 12. The molecule has 16 rings (SSSR count). The number of alkyl carbamates (subject to hydrolysis) is 1. The highest BCUT2D eigenvalue weighted by Crippen LogP contribution is 2.34. The van der Waals surface area contributed by atoms with Crippen LogP contribution < -0.4 is 80.5 Å². The minimum absolute atomic E-state index is 0.000480. The Hall–Kier alpha value is -13.6. The van der Waals surface area contributed by atoms with Crippen LogP contribution in [0, 0.1) is 11.3 Å². The fourth-order valence-electron chi connectivity index (χ4n) is 11.4. The Morgan fingerprint density at radius 3 is 1.07 bits per heavy atom. The van der Waals surface area contributed by atoms with E-state index in [1.807, 2.05) is 69.3 Å². The fraction of sp³-hybridized carbons (Fsp3) is 0.173. The monoisotopic (exact) mass is 1850 g/mol. The van der Waals surface area contributed by atoms with Crippen LogP contribution in [0.2, 0.25) is 0 Å². The van der Waals surface area contributed by atoms with Crippen LogP contribution in [-0.2, 0) is 57.7 Å². The molecule has 0 saturated heterocycles. The number of rotatable bonds is 26. The number of benzene rings is 8. The van der Waals surface area contributed by atoms with Crippen molar-refractivity contribution in [1.29, 1.82) is 5.26 Å². The van der Waals surface area contributed by atoms with Crippen molar-refractivity contribution in [3.8, 4) is 32.3 Å². The second-order valence-corrected chi connectivity index (χ2v) is 38.2. The number of hydrogen-bond acceptors (Lipinski definition) is 37. The van der Waals surface area contributed by atoms with Crippen molar-refractivity contribution in [3.05, 3.63) is 187 Å². The summed E-state index contributed by atoms with van der Waals surface area (Å²) >= 11 is 5.60. The zero-order valence-corrected chi connectivity index (χ0v) is 72.9. The summed E-state index contributed by atoms with van der Waals surface area (Å²) in [5, 5.41) is 63.7. The van der Waals surface area contributed by atoms with Crippen molar-refractivity contribution in [2.24, 2.45) is 26.3 Å². The SMILES string of the molecule is CC(C)(C)OC(=O)NCCc1ccc2nc(-n3nc(Nc4ccc(S(N)(=O)=O)cc4)nc3N)sc2c1.CCCCCOc1ccc2nc(-n3nc(Nc4ccc(S(N)(=O)=O)cc4)nc3N)sc2c1.N#Cc1ccc2nc(-n3nc(Nc4ccc(S(N)(=O)=O)cc4)nc3N)sc2c1.NCCc1ccc2nc(-n3nc(Nc4ccc(S(N)(=O)=O)cc4)nc3N)sc2c1. The van der Waals surface area contributed by atoms with Crippen molar-refractivity contribution < 1.29 is 47.9 Å². The summed E-state index contributed by atoms with van der Waals surface area (Å²) in [5.74, 6) is 2.38. The van der Waals surface area contributed by atoms with E-state index in [0.717, 1.165) is 83.4 Å². The highest BCUT2D eigenvalue weighted by molar-refractivity contribution is 7.90. The summed E-state index contributed by atoms with van der Waals surface area (Å²) in [4.78, 5) is 46.8. The summed E-state index contributed by atoms with van der Waals surface area (Å²) in [5.41, 5.74) is 37.3. The van der Waals surface area contributed by atoms with Gasteiger partial charge in [0.05, 0.1) is 78.7 Å². The first-order chi connectivity index (χ1) is 59.4. The van der Waals surface area contributed by atoms with Gasteiger partial charge in [0.25, 0.3) is 0 Å². The van der Waals surface area contributed by atoms with Crippen LogP contribution in [-0.4, -0.2) is 144 Å². The normalized spacial score (nSPS) is 11.7. The van der Waals surface area contributed by atoms with Crippen molar-refractivity contribution in [3.63, 3.8) is 0 Å². The number of sulfonamides is 4. The van der Waals surface area contributed by atoms with Gasteiger partial charge in [-0.15, -0.1) is 20.4 Å². The van der Waals surface area contributed by atoms with Crippen LogP contribution >= 0.6 is 45.3 Å². The van der Waals surface area contributed by atoms with E-state index in [9.17, 15) is 38.5 Å². The van der Waals surface area contributed by atoms with Crippen LogP contribution in [0.25, 0.3) is 61.4 Å². The molecule has 16 aromatic rings. The molecule has 0 radical (unpaired) electrons. The lowest BCUT2D eigenvalue weighted by molar-refractivity contribution is 0.0528. The standard InChI is InChI=1S/C22H26N8O4S2.C20H23N7O3S2.C17H18N8O2S2.C16H12N8O2S2/c1-22(2,3)34-21(31)25-11-10-13-4-9-16-17(12-13)35-20(27-16)30-18(23)28-19(29-30)26-14-5-7-15(8-6-14)36(24,32)33;1-2-3-4-11-30-14-7-10-16-17(12-14)31-20(24-16)27-18(21)25-19(26-27)23-13-5-8-15(9-6-13)32(22,28)29;18-8-7-10-1-6-13-14(9-10)28-17(22-13)25-15(19)23-16(24-25)21-11-2-4-12(5-3-11)29(20,26)27;17-8-9-1-6-12-13(7-9)27-16(21-12)24-14(18)22-15(23-24)20-10-2-4-11(5-3-10)28(19,25)26/h4-9,12H,10-11H2,1-3H3,(H,25,31)(H2,24,32,33)(H3,23,26,28,29);5-10,12H,2-4,11H2,1H3,(H2,22,28,29)(H3,21,23,25,26);1-6,9H,7-8,18H2,(H2,20,26,27)(H3,19,21,23,24);1-7H,(H2,19,25,26)(H3,18,20,22,23). The van der Waals surface area contributed by atoms with E-state index < -0.39 is 51.8 Å². The van der Waals surface area contributed by atoms with Gasteiger partial charge in [-0.3, -0.25) is 0 Å². The van der Waals surface area contributed by atoms with Crippen LogP contribution in [0.1, 0.15) is 63.6 Å². The molecule has 42 nitrogen and oxygen atoms in total. The van der Waals surface area contributed by atoms with Crippen LogP contribution in [0.15, 0.2) is 189 Å². The molecule has 8 aromatic heterocycles. The minimum Gasteiger partial charge on any atom is -0.494 e. The van der Waals surface area contributed by atoms with Gasteiger partial charge in [0, 0.05) is 29.3 Å². The zero-order valence-electron chi connectivity index (χ0n) is 66.4. The first-order valence-corrected chi connectivity index (χ1v) is 46.6.